The molecule has 0 aliphatic carbocycles. The molecule has 0 saturated heterocycles. The molecule has 176 valence electrons. The Labute approximate surface area is 205 Å². The van der Waals surface area contributed by atoms with Gasteiger partial charge in [0.15, 0.2) is 0 Å². The van der Waals surface area contributed by atoms with Gasteiger partial charge in [0, 0.05) is 16.6 Å². The summed E-state index contributed by atoms with van der Waals surface area (Å²) in [4.78, 5) is 0. The molecule has 3 aromatic carbocycles. The number of hydrogen-bond acceptors (Lipinski definition) is 2. The number of hydrogen-bond donors (Lipinski definition) is 1. The van der Waals surface area contributed by atoms with Crippen molar-refractivity contribution in [2.24, 2.45) is 11.8 Å². The van der Waals surface area contributed by atoms with Gasteiger partial charge in [-0.2, -0.15) is 11.8 Å². The van der Waals surface area contributed by atoms with Gasteiger partial charge in [0.1, 0.15) is 5.75 Å². The summed E-state index contributed by atoms with van der Waals surface area (Å²) in [5.74, 6) is 3.59. The fourth-order valence-corrected chi connectivity index (χ4v) is 6.11. The Morgan fingerprint density at radius 2 is 1.24 bits per heavy atom. The first-order chi connectivity index (χ1) is 16.0. The lowest BCUT2D eigenvalue weighted by Crippen LogP contribution is -2.21. The molecule has 2 heteroatoms. The zero-order chi connectivity index (χ0) is 23.6. The highest BCUT2D eigenvalue weighted by Gasteiger charge is 2.27. The van der Waals surface area contributed by atoms with E-state index in [1.165, 1.54) is 24.0 Å². The van der Waals surface area contributed by atoms with Crippen LogP contribution in [0.5, 0.6) is 5.75 Å². The van der Waals surface area contributed by atoms with Gasteiger partial charge in [0.25, 0.3) is 0 Å². The molecule has 0 bridgehead atoms. The summed E-state index contributed by atoms with van der Waals surface area (Å²) in [5.41, 5.74) is 3.93. The Kier molecular flexibility index (Phi) is 9.94. The minimum Gasteiger partial charge on any atom is -0.508 e. The topological polar surface area (TPSA) is 20.2 Å². The van der Waals surface area contributed by atoms with Gasteiger partial charge < -0.3 is 5.11 Å². The van der Waals surface area contributed by atoms with E-state index in [-0.39, 0.29) is 0 Å². The van der Waals surface area contributed by atoms with Crippen molar-refractivity contribution in [1.82, 2.24) is 0 Å². The van der Waals surface area contributed by atoms with Crippen molar-refractivity contribution in [1.29, 1.82) is 0 Å². The molecule has 0 amide bonds. The maximum absolute atomic E-state index is 10.2. The molecule has 0 aromatic heterocycles. The SMILES string of the molecule is CCC(CC(CC(C)C(C)c1ccccc1)C(C)c1ccccc1)SCc1ccccc1O. The molecule has 5 atom stereocenters. The van der Waals surface area contributed by atoms with Crippen LogP contribution in [0.4, 0.5) is 0 Å². The third-order valence-corrected chi connectivity index (χ3v) is 8.85. The van der Waals surface area contributed by atoms with E-state index in [9.17, 15) is 5.11 Å². The molecule has 0 aliphatic heterocycles. The van der Waals surface area contributed by atoms with Crippen LogP contribution in [-0.4, -0.2) is 10.4 Å². The highest BCUT2D eigenvalue weighted by atomic mass is 32.2. The summed E-state index contributed by atoms with van der Waals surface area (Å²) < 4.78 is 0. The summed E-state index contributed by atoms with van der Waals surface area (Å²) >= 11 is 2.00. The maximum Gasteiger partial charge on any atom is 0.119 e. The smallest absolute Gasteiger partial charge is 0.119 e. The second-order valence-electron chi connectivity index (χ2n) is 9.58. The quantitative estimate of drug-likeness (QED) is 0.291. The van der Waals surface area contributed by atoms with Gasteiger partial charge >= 0.3 is 0 Å². The molecule has 0 aliphatic rings. The molecule has 1 nitrogen and oxygen atoms in total. The first-order valence-electron chi connectivity index (χ1n) is 12.5. The predicted molar refractivity (Wildman–Crippen MR) is 145 cm³/mol. The van der Waals surface area contributed by atoms with Crippen molar-refractivity contribution >= 4 is 11.8 Å². The van der Waals surface area contributed by atoms with E-state index in [4.69, 9.17) is 0 Å². The standard InChI is InChI=1S/C31H40OS/c1-5-30(33-22-28-18-12-13-19-31(28)32)21-29(25(4)27-16-10-7-11-17-27)20-23(2)24(3)26-14-8-6-9-15-26/h6-19,23-25,29-30,32H,5,20-22H2,1-4H3. The zero-order valence-corrected chi connectivity index (χ0v) is 21.5. The first kappa shape index (κ1) is 25.4. The largest absolute Gasteiger partial charge is 0.508 e. The molecule has 1 N–H and O–H groups in total. The molecule has 0 heterocycles. The molecular formula is C31H40OS. The second kappa shape index (κ2) is 12.9. The van der Waals surface area contributed by atoms with E-state index < -0.39 is 0 Å². The van der Waals surface area contributed by atoms with Crippen molar-refractivity contribution in [3.05, 3.63) is 102 Å². The van der Waals surface area contributed by atoms with Gasteiger partial charge in [0.05, 0.1) is 0 Å². The van der Waals surface area contributed by atoms with E-state index in [0.717, 1.165) is 17.7 Å². The second-order valence-corrected chi connectivity index (χ2v) is 10.9. The van der Waals surface area contributed by atoms with Crippen molar-refractivity contribution in [3.63, 3.8) is 0 Å². The monoisotopic (exact) mass is 460 g/mol. The zero-order valence-electron chi connectivity index (χ0n) is 20.7. The molecule has 5 unspecified atom stereocenters. The van der Waals surface area contributed by atoms with Crippen LogP contribution in [0.1, 0.15) is 75.5 Å². The van der Waals surface area contributed by atoms with Crippen LogP contribution in [0.25, 0.3) is 0 Å². The van der Waals surface area contributed by atoms with Gasteiger partial charge in [0.2, 0.25) is 0 Å². The number of aromatic hydroxyl groups is 1. The van der Waals surface area contributed by atoms with Crippen LogP contribution in [0.15, 0.2) is 84.9 Å². The molecule has 0 radical (unpaired) electrons. The number of phenolic OH excluding ortho intramolecular Hbond substituents is 1. The van der Waals surface area contributed by atoms with Crippen LogP contribution >= 0.6 is 11.8 Å². The van der Waals surface area contributed by atoms with Crippen molar-refractivity contribution in [2.45, 2.75) is 69.8 Å². The molecular weight excluding hydrogens is 420 g/mol. The molecule has 0 saturated carbocycles. The number of rotatable bonds is 12. The fraction of sp³-hybridized carbons (Fsp3) is 0.419. The van der Waals surface area contributed by atoms with E-state index in [0.29, 0.717) is 34.7 Å². The van der Waals surface area contributed by atoms with Crippen LogP contribution in [0.2, 0.25) is 0 Å². The lowest BCUT2D eigenvalue weighted by Gasteiger charge is -2.32. The van der Waals surface area contributed by atoms with Crippen LogP contribution in [0.3, 0.4) is 0 Å². The van der Waals surface area contributed by atoms with Gasteiger partial charge in [-0.1, -0.05) is 107 Å². The van der Waals surface area contributed by atoms with Crippen LogP contribution in [-0.2, 0) is 5.75 Å². The van der Waals surface area contributed by atoms with Gasteiger partial charge in [-0.05, 0) is 60.1 Å². The third kappa shape index (κ3) is 7.40. The number of para-hydroxylation sites is 1. The summed E-state index contributed by atoms with van der Waals surface area (Å²) in [6, 6.07) is 29.8. The van der Waals surface area contributed by atoms with Gasteiger partial charge in [-0.15, -0.1) is 0 Å². The predicted octanol–water partition coefficient (Wildman–Crippen LogP) is 9.04. The lowest BCUT2D eigenvalue weighted by molar-refractivity contribution is 0.300. The minimum absolute atomic E-state index is 0.416. The average molecular weight is 461 g/mol. The lowest BCUT2D eigenvalue weighted by atomic mass is 9.75. The molecule has 0 spiro atoms. The number of benzene rings is 3. The van der Waals surface area contributed by atoms with Crippen molar-refractivity contribution in [3.8, 4) is 5.75 Å². The normalized spacial score (nSPS) is 16.0. The highest BCUT2D eigenvalue weighted by Crippen LogP contribution is 2.40. The summed E-state index contributed by atoms with van der Waals surface area (Å²) in [6.45, 7) is 9.54. The Bertz CT molecular complexity index is 939. The Hall–Kier alpha value is -2.19. The summed E-state index contributed by atoms with van der Waals surface area (Å²) in [7, 11) is 0. The average Bonchev–Trinajstić information content (AvgIpc) is 2.86. The Morgan fingerprint density at radius 1 is 0.697 bits per heavy atom. The maximum atomic E-state index is 10.2. The number of thioether (sulfide) groups is 1. The first-order valence-corrected chi connectivity index (χ1v) is 13.5. The van der Waals surface area contributed by atoms with E-state index in [1.807, 2.05) is 30.0 Å². The van der Waals surface area contributed by atoms with Gasteiger partial charge in [-0.3, -0.25) is 0 Å². The van der Waals surface area contributed by atoms with Crippen LogP contribution < -0.4 is 0 Å². The molecule has 3 aromatic rings. The molecule has 0 fully saturated rings. The van der Waals surface area contributed by atoms with E-state index in [2.05, 4.69) is 88.4 Å². The summed E-state index contributed by atoms with van der Waals surface area (Å²) in [6.07, 6.45) is 3.58. The Balaban J connectivity index is 1.73. The minimum atomic E-state index is 0.416. The van der Waals surface area contributed by atoms with E-state index in [1.54, 1.807) is 6.07 Å². The molecule has 3 rings (SSSR count). The van der Waals surface area contributed by atoms with Crippen molar-refractivity contribution in [2.75, 3.05) is 0 Å². The van der Waals surface area contributed by atoms with Crippen molar-refractivity contribution < 1.29 is 5.11 Å². The number of phenols is 1. The van der Waals surface area contributed by atoms with E-state index >= 15 is 0 Å². The highest BCUT2D eigenvalue weighted by molar-refractivity contribution is 7.99. The molecule has 33 heavy (non-hydrogen) atoms. The third-order valence-electron chi connectivity index (χ3n) is 7.37. The summed E-state index contributed by atoms with van der Waals surface area (Å²) in [5, 5.41) is 10.8. The van der Waals surface area contributed by atoms with Crippen LogP contribution in [0, 0.1) is 11.8 Å². The Morgan fingerprint density at radius 3 is 1.82 bits per heavy atom. The van der Waals surface area contributed by atoms with Gasteiger partial charge in [-0.25, -0.2) is 0 Å². The fourth-order valence-electron chi connectivity index (χ4n) is 4.83.